The number of amides is 1. The Hall–Kier alpha value is -1.22. The molecule has 132 valence electrons. The van der Waals surface area contributed by atoms with Gasteiger partial charge in [-0.25, -0.2) is 12.8 Å². The number of nitrogens with one attached hydrogen (secondary N) is 1. The van der Waals surface area contributed by atoms with Crippen LogP contribution in [0.4, 0.5) is 4.39 Å². The van der Waals surface area contributed by atoms with Gasteiger partial charge in [-0.3, -0.25) is 9.69 Å². The number of piperazine rings is 1. The van der Waals surface area contributed by atoms with E-state index >= 15 is 0 Å². The third kappa shape index (κ3) is 4.05. The molecule has 2 aliphatic rings. The molecule has 1 aliphatic carbocycles. The molecule has 1 aliphatic heterocycles. The van der Waals surface area contributed by atoms with Crippen LogP contribution in [-0.4, -0.2) is 62.3 Å². The van der Waals surface area contributed by atoms with Crippen molar-refractivity contribution in [2.75, 3.05) is 32.7 Å². The molecule has 1 amide bonds. The lowest BCUT2D eigenvalue weighted by Crippen LogP contribution is -2.51. The number of carbonyl (C=O) groups excluding carboxylic acids is 1. The molecule has 1 heterocycles. The first-order valence-corrected chi connectivity index (χ1v) is 9.65. The van der Waals surface area contributed by atoms with Crippen LogP contribution in [0.25, 0.3) is 0 Å². The molecule has 0 atom stereocenters. The molecule has 0 aromatic heterocycles. The predicted octanol–water partition coefficient (Wildman–Crippen LogP) is 1.06. The molecule has 0 bridgehead atoms. The molecule has 6 nitrogen and oxygen atoms in total. The minimum atomic E-state index is -3.71. The molecular formula is C15H19ClFN3O3S. The highest BCUT2D eigenvalue weighted by Crippen LogP contribution is 2.23. The first-order chi connectivity index (χ1) is 11.4. The number of hydrogen-bond donors (Lipinski definition) is 1. The van der Waals surface area contributed by atoms with Crippen LogP contribution in [0, 0.1) is 5.82 Å². The maximum Gasteiger partial charge on any atom is 0.243 e. The Balaban J connectivity index is 1.58. The second-order valence-corrected chi connectivity index (χ2v) is 8.44. The molecule has 24 heavy (non-hydrogen) atoms. The van der Waals surface area contributed by atoms with Crippen molar-refractivity contribution in [1.82, 2.24) is 14.5 Å². The zero-order valence-electron chi connectivity index (χ0n) is 13.0. The van der Waals surface area contributed by atoms with Crippen molar-refractivity contribution < 1.29 is 17.6 Å². The van der Waals surface area contributed by atoms with Crippen LogP contribution in [0.15, 0.2) is 23.1 Å². The molecule has 0 radical (unpaired) electrons. The predicted molar refractivity (Wildman–Crippen MR) is 87.8 cm³/mol. The first kappa shape index (κ1) is 17.6. The fourth-order valence-corrected chi connectivity index (χ4v) is 4.31. The van der Waals surface area contributed by atoms with Gasteiger partial charge in [-0.2, -0.15) is 4.31 Å². The molecule has 0 spiro atoms. The Morgan fingerprint density at radius 3 is 2.50 bits per heavy atom. The summed E-state index contributed by atoms with van der Waals surface area (Å²) in [5.41, 5.74) is 0. The van der Waals surface area contributed by atoms with Gasteiger partial charge >= 0.3 is 0 Å². The van der Waals surface area contributed by atoms with Gasteiger partial charge in [0.15, 0.2) is 0 Å². The molecule has 3 rings (SSSR count). The highest BCUT2D eigenvalue weighted by molar-refractivity contribution is 7.89. The van der Waals surface area contributed by atoms with E-state index in [1.807, 2.05) is 4.90 Å². The average molecular weight is 376 g/mol. The van der Waals surface area contributed by atoms with E-state index in [2.05, 4.69) is 5.32 Å². The molecule has 1 N–H and O–H groups in total. The van der Waals surface area contributed by atoms with Crippen molar-refractivity contribution in [3.05, 3.63) is 29.0 Å². The minimum Gasteiger partial charge on any atom is -0.352 e. The normalized spacial score (nSPS) is 20.1. The number of benzene rings is 1. The smallest absolute Gasteiger partial charge is 0.243 e. The van der Waals surface area contributed by atoms with E-state index in [1.54, 1.807) is 0 Å². The monoisotopic (exact) mass is 375 g/mol. The third-order valence-electron chi connectivity index (χ3n) is 4.17. The van der Waals surface area contributed by atoms with E-state index < -0.39 is 15.8 Å². The zero-order valence-corrected chi connectivity index (χ0v) is 14.6. The van der Waals surface area contributed by atoms with E-state index in [4.69, 9.17) is 11.6 Å². The van der Waals surface area contributed by atoms with Crippen LogP contribution in [0.2, 0.25) is 5.02 Å². The van der Waals surface area contributed by atoms with E-state index in [0.717, 1.165) is 25.0 Å². The molecule has 9 heteroatoms. The molecule has 1 aromatic carbocycles. The van der Waals surface area contributed by atoms with E-state index in [-0.39, 0.29) is 35.5 Å². The van der Waals surface area contributed by atoms with Gasteiger partial charge in [-0.15, -0.1) is 0 Å². The van der Waals surface area contributed by atoms with Gasteiger partial charge in [0.1, 0.15) is 5.82 Å². The van der Waals surface area contributed by atoms with Crippen molar-refractivity contribution >= 4 is 27.5 Å². The Morgan fingerprint density at radius 2 is 1.92 bits per heavy atom. The quantitative estimate of drug-likeness (QED) is 0.835. The maximum absolute atomic E-state index is 13.2. The Bertz CT molecular complexity index is 731. The summed E-state index contributed by atoms with van der Waals surface area (Å²) in [7, 11) is -3.71. The fraction of sp³-hybridized carbons (Fsp3) is 0.533. The number of hydrogen-bond acceptors (Lipinski definition) is 4. The Kier molecular flexibility index (Phi) is 5.10. The molecule has 0 unspecified atom stereocenters. The van der Waals surface area contributed by atoms with Crippen molar-refractivity contribution in [3.63, 3.8) is 0 Å². The van der Waals surface area contributed by atoms with Gasteiger partial charge < -0.3 is 5.32 Å². The van der Waals surface area contributed by atoms with Gasteiger partial charge in [0.2, 0.25) is 15.9 Å². The fourth-order valence-electron chi connectivity index (χ4n) is 2.62. The highest BCUT2D eigenvalue weighted by atomic mass is 35.5. The zero-order chi connectivity index (χ0) is 17.3. The van der Waals surface area contributed by atoms with Gasteiger partial charge in [0.05, 0.1) is 16.5 Å². The maximum atomic E-state index is 13.2. The lowest BCUT2D eigenvalue weighted by Gasteiger charge is -2.33. The number of rotatable bonds is 5. The lowest BCUT2D eigenvalue weighted by atomic mass is 10.3. The summed E-state index contributed by atoms with van der Waals surface area (Å²) in [6, 6.07) is 3.71. The van der Waals surface area contributed by atoms with Gasteiger partial charge in [0, 0.05) is 32.2 Å². The molecule has 2 fully saturated rings. The lowest BCUT2D eigenvalue weighted by molar-refractivity contribution is -0.122. The summed E-state index contributed by atoms with van der Waals surface area (Å²) in [4.78, 5) is 13.7. The van der Waals surface area contributed by atoms with Crippen molar-refractivity contribution in [3.8, 4) is 0 Å². The van der Waals surface area contributed by atoms with E-state index in [0.29, 0.717) is 19.1 Å². The highest BCUT2D eigenvalue weighted by Gasteiger charge is 2.30. The van der Waals surface area contributed by atoms with Crippen molar-refractivity contribution in [1.29, 1.82) is 0 Å². The van der Waals surface area contributed by atoms with Gasteiger partial charge in [-0.1, -0.05) is 11.6 Å². The van der Waals surface area contributed by atoms with Crippen LogP contribution < -0.4 is 5.32 Å². The number of halogens is 2. The molecule has 1 saturated carbocycles. The third-order valence-corrected chi connectivity index (χ3v) is 6.35. The van der Waals surface area contributed by atoms with Crippen LogP contribution in [-0.2, 0) is 14.8 Å². The van der Waals surface area contributed by atoms with Crippen molar-refractivity contribution in [2.24, 2.45) is 0 Å². The van der Waals surface area contributed by atoms with Crippen molar-refractivity contribution in [2.45, 2.75) is 23.8 Å². The second kappa shape index (κ2) is 6.95. The topological polar surface area (TPSA) is 69.7 Å². The van der Waals surface area contributed by atoms with Crippen LogP contribution in [0.3, 0.4) is 0 Å². The number of nitrogens with zero attached hydrogens (tertiary/aromatic N) is 2. The van der Waals surface area contributed by atoms with Gasteiger partial charge in [0.25, 0.3) is 0 Å². The second-order valence-electron chi connectivity index (χ2n) is 6.10. The first-order valence-electron chi connectivity index (χ1n) is 7.83. The van der Waals surface area contributed by atoms with Gasteiger partial charge in [-0.05, 0) is 31.0 Å². The molecular weight excluding hydrogens is 357 g/mol. The largest absolute Gasteiger partial charge is 0.352 e. The Morgan fingerprint density at radius 1 is 1.25 bits per heavy atom. The van der Waals surface area contributed by atoms with Crippen LogP contribution >= 0.6 is 11.6 Å². The summed E-state index contributed by atoms with van der Waals surface area (Å²) < 4.78 is 39.7. The summed E-state index contributed by atoms with van der Waals surface area (Å²) in [6.07, 6.45) is 2.08. The molecule has 1 aromatic rings. The summed E-state index contributed by atoms with van der Waals surface area (Å²) in [5, 5.41) is 2.70. The summed E-state index contributed by atoms with van der Waals surface area (Å²) in [6.45, 7) is 1.81. The summed E-state index contributed by atoms with van der Waals surface area (Å²) >= 11 is 5.68. The Labute approximate surface area is 145 Å². The SMILES string of the molecule is O=C(CN1CCN(S(=O)(=O)c2ccc(F)c(Cl)c2)CC1)NC1CC1. The van der Waals surface area contributed by atoms with E-state index in [1.165, 1.54) is 10.4 Å². The number of carbonyl (C=O) groups is 1. The van der Waals surface area contributed by atoms with Crippen LogP contribution in [0.1, 0.15) is 12.8 Å². The standard InChI is InChI=1S/C15H19ClFN3O3S/c16-13-9-12(3-4-14(13)17)24(22,23)20-7-5-19(6-8-20)10-15(21)18-11-1-2-11/h3-4,9,11H,1-2,5-8,10H2,(H,18,21). The van der Waals surface area contributed by atoms with E-state index in [9.17, 15) is 17.6 Å². The molecule has 1 saturated heterocycles. The van der Waals surface area contributed by atoms with Crippen LogP contribution in [0.5, 0.6) is 0 Å². The number of sulfonamides is 1. The average Bonchev–Trinajstić information content (AvgIpc) is 3.34. The summed E-state index contributed by atoms with van der Waals surface area (Å²) in [5.74, 6) is -0.666. The minimum absolute atomic E-state index is 0.0147.